The predicted octanol–water partition coefficient (Wildman–Crippen LogP) is 4.60. The van der Waals surface area contributed by atoms with Crippen molar-refractivity contribution in [2.24, 2.45) is 0 Å². The molecule has 1 aliphatic rings. The molecule has 4 rings (SSSR count). The first-order valence-electron chi connectivity index (χ1n) is 7.47. The number of thioether (sulfide) groups is 1. The molecule has 0 saturated carbocycles. The van der Waals surface area contributed by atoms with Crippen molar-refractivity contribution in [1.29, 1.82) is 0 Å². The van der Waals surface area contributed by atoms with Crippen LogP contribution >= 0.6 is 34.7 Å². The topological polar surface area (TPSA) is 71.3 Å². The number of halogens is 1. The molecule has 0 fully saturated rings. The Balaban J connectivity index is 0.000000349. The Hall–Kier alpha value is -1.64. The summed E-state index contributed by atoms with van der Waals surface area (Å²) in [4.78, 5) is 5.80. The molecule has 26 heavy (non-hydrogen) atoms. The van der Waals surface area contributed by atoms with E-state index in [2.05, 4.69) is 41.4 Å². The van der Waals surface area contributed by atoms with Crippen LogP contribution in [0.5, 0.6) is 0 Å². The molecule has 0 aliphatic carbocycles. The minimum atomic E-state index is -3.92. The number of allylic oxidation sites excluding steroid dienone is 1. The molecular weight excluding hydrogens is 410 g/mol. The number of H-pyrrole nitrogens is 1. The molecule has 2 heterocycles. The van der Waals surface area contributed by atoms with E-state index in [-0.39, 0.29) is 0 Å². The molecule has 0 spiro atoms. The van der Waals surface area contributed by atoms with Crippen molar-refractivity contribution in [2.45, 2.75) is 4.90 Å². The summed E-state index contributed by atoms with van der Waals surface area (Å²) in [5, 5.41) is 1.94. The third-order valence-corrected chi connectivity index (χ3v) is 5.66. The monoisotopic (exact) mass is 423 g/mol. The molecule has 0 atom stereocenters. The van der Waals surface area contributed by atoms with Crippen LogP contribution < -0.4 is 4.98 Å². The number of nitrogens with one attached hydrogen (secondary N) is 1. The van der Waals surface area contributed by atoms with Gasteiger partial charge in [-0.3, -0.25) is 0 Å². The Labute approximate surface area is 165 Å². The van der Waals surface area contributed by atoms with Crippen molar-refractivity contribution in [3.63, 3.8) is 0 Å². The van der Waals surface area contributed by atoms with Crippen LogP contribution in [0.3, 0.4) is 0 Å². The van der Waals surface area contributed by atoms with E-state index < -0.39 is 10.1 Å². The largest absolute Gasteiger partial charge is 0.748 e. The first kappa shape index (κ1) is 19.1. The minimum Gasteiger partial charge on any atom is -0.748 e. The van der Waals surface area contributed by atoms with Crippen LogP contribution in [0.25, 0.3) is 21.3 Å². The number of para-hydroxylation sites is 1. The summed E-state index contributed by atoms with van der Waals surface area (Å²) >= 11 is 9.90. The lowest BCUT2D eigenvalue weighted by Crippen LogP contribution is -2.01. The van der Waals surface area contributed by atoms with E-state index in [1.54, 1.807) is 23.1 Å². The molecule has 0 bridgehead atoms. The second-order valence-corrected chi connectivity index (χ2v) is 9.44. The maximum atomic E-state index is 9.08. The van der Waals surface area contributed by atoms with Crippen LogP contribution in [-0.2, 0) is 10.1 Å². The number of rotatable bonds is 1. The van der Waals surface area contributed by atoms with Gasteiger partial charge in [0.05, 0.1) is 15.2 Å². The fourth-order valence-corrected chi connectivity index (χ4v) is 4.79. The summed E-state index contributed by atoms with van der Waals surface area (Å²) in [7, 11) is -3.92. The van der Waals surface area contributed by atoms with E-state index in [1.807, 2.05) is 24.3 Å². The number of aromatic nitrogens is 1. The Bertz CT molecular complexity index is 1080. The van der Waals surface area contributed by atoms with Gasteiger partial charge < -0.3 is 4.55 Å². The molecular formula is C18H14ClNO3S3. The van der Waals surface area contributed by atoms with E-state index in [1.165, 1.54) is 15.1 Å². The van der Waals surface area contributed by atoms with Gasteiger partial charge in [-0.15, -0.1) is 0 Å². The molecule has 4 nitrogen and oxygen atoms in total. The van der Waals surface area contributed by atoms with Crippen molar-refractivity contribution in [1.82, 2.24) is 0 Å². The highest BCUT2D eigenvalue weighted by Crippen LogP contribution is 2.42. The van der Waals surface area contributed by atoms with Gasteiger partial charge in [-0.05, 0) is 18.2 Å². The molecule has 1 aliphatic heterocycles. The molecule has 0 amide bonds. The molecule has 8 heteroatoms. The molecule has 3 aromatic rings. The SMILES string of the molecule is CS(=O)(=O)[O-].ClC1=C/C(=C\c2[nH+]c3ccccc3s2)Sc2ccccc21. The number of benzene rings is 2. The van der Waals surface area contributed by atoms with Gasteiger partial charge in [0.1, 0.15) is 4.70 Å². The highest BCUT2D eigenvalue weighted by atomic mass is 35.5. The highest BCUT2D eigenvalue weighted by molar-refractivity contribution is 8.03. The average molecular weight is 424 g/mol. The van der Waals surface area contributed by atoms with E-state index in [4.69, 9.17) is 24.6 Å². The molecule has 134 valence electrons. The number of fused-ring (bicyclic) bond motifs is 2. The molecule has 0 saturated heterocycles. The summed E-state index contributed by atoms with van der Waals surface area (Å²) in [6.07, 6.45) is 4.80. The van der Waals surface area contributed by atoms with Gasteiger partial charge in [0, 0.05) is 33.8 Å². The quantitative estimate of drug-likeness (QED) is 0.536. The maximum absolute atomic E-state index is 9.08. The summed E-state index contributed by atoms with van der Waals surface area (Å²) in [5.41, 5.74) is 2.28. The molecule has 1 N–H and O–H groups in total. The van der Waals surface area contributed by atoms with Gasteiger partial charge in [0.2, 0.25) is 5.52 Å². The second-order valence-electron chi connectivity index (χ2n) is 5.43. The molecule has 0 unspecified atom stereocenters. The van der Waals surface area contributed by atoms with E-state index in [0.717, 1.165) is 20.5 Å². The Morgan fingerprint density at radius 2 is 1.77 bits per heavy atom. The fourth-order valence-electron chi connectivity index (χ4n) is 2.31. The van der Waals surface area contributed by atoms with Gasteiger partial charge in [-0.1, -0.05) is 65.0 Å². The average Bonchev–Trinajstić information content (AvgIpc) is 2.95. The maximum Gasteiger partial charge on any atom is 0.262 e. The minimum absolute atomic E-state index is 0.604. The summed E-state index contributed by atoms with van der Waals surface area (Å²) in [6.45, 7) is 0. The summed E-state index contributed by atoms with van der Waals surface area (Å²) < 4.78 is 28.5. The van der Waals surface area contributed by atoms with Crippen LogP contribution in [0.15, 0.2) is 64.4 Å². The van der Waals surface area contributed by atoms with Crippen LogP contribution in [0, 0.1) is 0 Å². The van der Waals surface area contributed by atoms with Gasteiger partial charge in [0.25, 0.3) is 5.01 Å². The van der Waals surface area contributed by atoms with Crippen LogP contribution in [0.1, 0.15) is 10.6 Å². The standard InChI is InChI=1S/C17H10ClNS2.CH4O3S/c18-13-9-11(20-15-7-3-1-5-12(13)15)10-17-19-14-6-2-4-8-16(14)21-17;1-5(2,3)4/h1-10H;1H3,(H,2,3,4)/b11-10+;. The van der Waals surface area contributed by atoms with E-state index in [9.17, 15) is 0 Å². The van der Waals surface area contributed by atoms with Crippen LogP contribution in [0.4, 0.5) is 0 Å². The number of aromatic amines is 1. The zero-order chi connectivity index (χ0) is 18.7. The Morgan fingerprint density at radius 3 is 2.50 bits per heavy atom. The lowest BCUT2D eigenvalue weighted by molar-refractivity contribution is -0.340. The van der Waals surface area contributed by atoms with Gasteiger partial charge >= 0.3 is 0 Å². The lowest BCUT2D eigenvalue weighted by Gasteiger charge is -2.14. The Kier molecular flexibility index (Phi) is 5.84. The fraction of sp³-hybridized carbons (Fsp3) is 0.0556. The molecule has 2 aromatic carbocycles. The van der Waals surface area contributed by atoms with Gasteiger partial charge in [-0.25, -0.2) is 8.42 Å². The third-order valence-electron chi connectivity index (χ3n) is 3.28. The molecule has 1 aromatic heterocycles. The lowest BCUT2D eigenvalue weighted by atomic mass is 10.2. The number of hydrogen-bond acceptors (Lipinski definition) is 5. The van der Waals surface area contributed by atoms with Crippen molar-refractivity contribution in [2.75, 3.05) is 6.26 Å². The second kappa shape index (κ2) is 7.94. The van der Waals surface area contributed by atoms with Crippen LogP contribution in [-0.4, -0.2) is 19.2 Å². The first-order valence-corrected chi connectivity index (χ1v) is 11.3. The Morgan fingerprint density at radius 1 is 1.12 bits per heavy atom. The van der Waals surface area contributed by atoms with E-state index in [0.29, 0.717) is 6.26 Å². The number of thiazole rings is 1. The number of hydrogen-bond donors (Lipinski definition) is 0. The van der Waals surface area contributed by atoms with Crippen molar-refractivity contribution in [3.05, 3.63) is 70.1 Å². The predicted molar refractivity (Wildman–Crippen MR) is 108 cm³/mol. The smallest absolute Gasteiger partial charge is 0.262 e. The van der Waals surface area contributed by atoms with Crippen molar-refractivity contribution < 1.29 is 18.0 Å². The van der Waals surface area contributed by atoms with Crippen molar-refractivity contribution >= 4 is 66.1 Å². The van der Waals surface area contributed by atoms with Gasteiger partial charge in [0.15, 0.2) is 0 Å². The van der Waals surface area contributed by atoms with Crippen LogP contribution in [0.2, 0.25) is 0 Å². The zero-order valence-corrected chi connectivity index (χ0v) is 16.8. The van der Waals surface area contributed by atoms with E-state index >= 15 is 0 Å². The first-order chi connectivity index (χ1) is 12.3. The normalized spacial score (nSPS) is 15.2. The summed E-state index contributed by atoms with van der Waals surface area (Å²) in [5.74, 6) is 0. The van der Waals surface area contributed by atoms with Gasteiger partial charge in [-0.2, -0.15) is 4.98 Å². The third kappa shape index (κ3) is 5.18. The zero-order valence-electron chi connectivity index (χ0n) is 13.6. The van der Waals surface area contributed by atoms with Crippen molar-refractivity contribution in [3.8, 4) is 0 Å². The molecule has 0 radical (unpaired) electrons. The highest BCUT2D eigenvalue weighted by Gasteiger charge is 2.16. The summed E-state index contributed by atoms with van der Waals surface area (Å²) in [6, 6.07) is 16.6.